The van der Waals surface area contributed by atoms with Gasteiger partial charge in [0.1, 0.15) is 5.82 Å². The Morgan fingerprint density at radius 3 is 2.41 bits per heavy atom. The summed E-state index contributed by atoms with van der Waals surface area (Å²) >= 11 is 0. The van der Waals surface area contributed by atoms with Crippen molar-refractivity contribution in [3.8, 4) is 11.4 Å². The van der Waals surface area contributed by atoms with Gasteiger partial charge in [-0.1, -0.05) is 30.3 Å². The smallest absolute Gasteiger partial charge is 0.253 e. The molecular weight excluding hydrogens is 360 g/mol. The summed E-state index contributed by atoms with van der Waals surface area (Å²) in [7, 11) is 0. The minimum atomic E-state index is 0.145. The van der Waals surface area contributed by atoms with Crippen molar-refractivity contribution < 1.29 is 4.79 Å². The van der Waals surface area contributed by atoms with Crippen LogP contribution in [0.2, 0.25) is 0 Å². The third kappa shape index (κ3) is 3.79. The number of aromatic amines is 1. The summed E-state index contributed by atoms with van der Waals surface area (Å²) in [4.78, 5) is 23.2. The molecule has 3 heterocycles. The van der Waals surface area contributed by atoms with E-state index in [2.05, 4.69) is 15.3 Å². The SMILES string of the molecule is O=C(c1ccc2nc(-c3ccccc3)[nH]c2c1)N1CCC(C2CCNCC2)CC1. The minimum Gasteiger partial charge on any atom is -0.339 e. The molecule has 1 aromatic heterocycles. The molecule has 2 fully saturated rings. The van der Waals surface area contributed by atoms with E-state index < -0.39 is 0 Å². The minimum absolute atomic E-state index is 0.145. The zero-order valence-corrected chi connectivity index (χ0v) is 16.7. The molecule has 0 radical (unpaired) electrons. The molecule has 1 amide bonds. The van der Waals surface area contributed by atoms with E-state index in [4.69, 9.17) is 0 Å². The van der Waals surface area contributed by atoms with Gasteiger partial charge in [0, 0.05) is 24.2 Å². The quantitative estimate of drug-likeness (QED) is 0.711. The van der Waals surface area contributed by atoms with Gasteiger partial charge in [0.2, 0.25) is 0 Å². The number of aromatic nitrogens is 2. The molecule has 2 aliphatic rings. The number of H-pyrrole nitrogens is 1. The molecule has 0 unspecified atom stereocenters. The van der Waals surface area contributed by atoms with Crippen LogP contribution in [0.4, 0.5) is 0 Å². The number of likely N-dealkylation sites (tertiary alicyclic amines) is 1. The third-order valence-electron chi connectivity index (χ3n) is 6.65. The number of benzene rings is 2. The van der Waals surface area contributed by atoms with E-state index in [0.29, 0.717) is 0 Å². The molecule has 0 spiro atoms. The fourth-order valence-electron chi connectivity index (χ4n) is 4.95. The van der Waals surface area contributed by atoms with Gasteiger partial charge in [-0.15, -0.1) is 0 Å². The summed E-state index contributed by atoms with van der Waals surface area (Å²) in [6.45, 7) is 4.06. The van der Waals surface area contributed by atoms with Gasteiger partial charge >= 0.3 is 0 Å². The van der Waals surface area contributed by atoms with Crippen molar-refractivity contribution in [2.24, 2.45) is 11.8 Å². The fourth-order valence-corrected chi connectivity index (χ4v) is 4.95. The Morgan fingerprint density at radius 2 is 1.66 bits per heavy atom. The molecule has 0 atom stereocenters. The second-order valence-electron chi connectivity index (χ2n) is 8.40. The first-order valence-corrected chi connectivity index (χ1v) is 10.8. The fraction of sp³-hybridized carbons (Fsp3) is 0.417. The molecule has 29 heavy (non-hydrogen) atoms. The second kappa shape index (κ2) is 7.99. The zero-order valence-electron chi connectivity index (χ0n) is 16.7. The molecule has 2 aliphatic heterocycles. The van der Waals surface area contributed by atoms with E-state index in [0.717, 1.165) is 78.8 Å². The van der Waals surface area contributed by atoms with Crippen molar-refractivity contribution in [2.75, 3.05) is 26.2 Å². The van der Waals surface area contributed by atoms with Gasteiger partial charge in [-0.25, -0.2) is 4.98 Å². The lowest BCUT2D eigenvalue weighted by molar-refractivity contribution is 0.0642. The molecule has 0 aliphatic carbocycles. The van der Waals surface area contributed by atoms with Gasteiger partial charge in [0.05, 0.1) is 11.0 Å². The van der Waals surface area contributed by atoms with Crippen molar-refractivity contribution >= 4 is 16.9 Å². The van der Waals surface area contributed by atoms with Crippen LogP contribution in [0.1, 0.15) is 36.0 Å². The van der Waals surface area contributed by atoms with E-state index >= 15 is 0 Å². The molecule has 0 bridgehead atoms. The second-order valence-corrected chi connectivity index (χ2v) is 8.40. The Bertz CT molecular complexity index is 983. The Hall–Kier alpha value is -2.66. The average molecular weight is 389 g/mol. The molecule has 0 saturated carbocycles. The number of carbonyl (C=O) groups excluding carboxylic acids is 1. The van der Waals surface area contributed by atoms with Crippen molar-refractivity contribution in [3.05, 3.63) is 54.1 Å². The number of nitrogens with one attached hydrogen (secondary N) is 2. The first-order valence-electron chi connectivity index (χ1n) is 10.8. The summed E-state index contributed by atoms with van der Waals surface area (Å²) in [6, 6.07) is 15.9. The van der Waals surface area contributed by atoms with Gasteiger partial charge in [-0.2, -0.15) is 0 Å². The number of imidazole rings is 1. The number of fused-ring (bicyclic) bond motifs is 1. The van der Waals surface area contributed by atoms with Crippen LogP contribution in [-0.2, 0) is 0 Å². The maximum absolute atomic E-state index is 13.1. The van der Waals surface area contributed by atoms with Gasteiger partial charge in [0.25, 0.3) is 5.91 Å². The monoisotopic (exact) mass is 388 g/mol. The van der Waals surface area contributed by atoms with Crippen molar-refractivity contribution in [1.82, 2.24) is 20.2 Å². The van der Waals surface area contributed by atoms with E-state index in [1.54, 1.807) is 0 Å². The summed E-state index contributed by atoms with van der Waals surface area (Å²) < 4.78 is 0. The van der Waals surface area contributed by atoms with Crippen LogP contribution in [0.3, 0.4) is 0 Å². The summed E-state index contributed by atoms with van der Waals surface area (Å²) in [6.07, 6.45) is 4.86. The molecule has 5 rings (SSSR count). The molecule has 150 valence electrons. The van der Waals surface area contributed by atoms with Crippen molar-refractivity contribution in [2.45, 2.75) is 25.7 Å². The first-order chi connectivity index (χ1) is 14.3. The molecule has 5 heteroatoms. The zero-order chi connectivity index (χ0) is 19.6. The van der Waals surface area contributed by atoms with Gasteiger partial charge in [0.15, 0.2) is 0 Å². The molecule has 5 nitrogen and oxygen atoms in total. The lowest BCUT2D eigenvalue weighted by Gasteiger charge is -2.37. The standard InChI is InChI=1S/C24H28N4O/c29-24(28-14-10-18(11-15-28)17-8-12-25-13-9-17)20-6-7-21-22(16-20)27-23(26-21)19-4-2-1-3-5-19/h1-7,16-18,25H,8-15H2,(H,26,27). The number of hydrogen-bond acceptors (Lipinski definition) is 3. The van der Waals surface area contributed by atoms with Crippen molar-refractivity contribution in [3.63, 3.8) is 0 Å². The topological polar surface area (TPSA) is 61.0 Å². The Kier molecular flexibility index (Phi) is 5.06. The van der Waals surface area contributed by atoms with E-state index in [-0.39, 0.29) is 5.91 Å². The average Bonchev–Trinajstić information content (AvgIpc) is 3.23. The van der Waals surface area contributed by atoms with Crippen LogP contribution in [0.25, 0.3) is 22.4 Å². The number of carbonyl (C=O) groups is 1. The number of piperidine rings is 2. The highest BCUT2D eigenvalue weighted by Crippen LogP contribution is 2.31. The predicted molar refractivity (Wildman–Crippen MR) is 116 cm³/mol. The maximum atomic E-state index is 13.1. The van der Waals surface area contributed by atoms with Crippen LogP contribution >= 0.6 is 0 Å². The highest BCUT2D eigenvalue weighted by Gasteiger charge is 2.29. The largest absolute Gasteiger partial charge is 0.339 e. The number of rotatable bonds is 3. The summed E-state index contributed by atoms with van der Waals surface area (Å²) in [5.41, 5.74) is 3.61. The molecule has 3 aromatic rings. The molecule has 2 aromatic carbocycles. The lowest BCUT2D eigenvalue weighted by Crippen LogP contribution is -2.42. The van der Waals surface area contributed by atoms with E-state index in [1.807, 2.05) is 53.4 Å². The van der Waals surface area contributed by atoms with Crippen LogP contribution in [0.5, 0.6) is 0 Å². The third-order valence-corrected chi connectivity index (χ3v) is 6.65. The molecule has 2 saturated heterocycles. The lowest BCUT2D eigenvalue weighted by atomic mass is 9.79. The summed E-state index contributed by atoms with van der Waals surface area (Å²) in [5.74, 6) is 2.61. The Morgan fingerprint density at radius 1 is 0.931 bits per heavy atom. The van der Waals surface area contributed by atoms with Crippen LogP contribution in [-0.4, -0.2) is 47.0 Å². The predicted octanol–water partition coefficient (Wildman–Crippen LogP) is 4.08. The van der Waals surface area contributed by atoms with Gasteiger partial charge in [-0.05, 0) is 68.8 Å². The first kappa shape index (κ1) is 18.4. The van der Waals surface area contributed by atoms with Crippen LogP contribution in [0, 0.1) is 11.8 Å². The highest BCUT2D eigenvalue weighted by atomic mass is 16.2. The number of amides is 1. The van der Waals surface area contributed by atoms with E-state index in [1.165, 1.54) is 12.8 Å². The highest BCUT2D eigenvalue weighted by molar-refractivity contribution is 5.97. The Balaban J connectivity index is 1.28. The normalized spacial score (nSPS) is 19.0. The molecule has 2 N–H and O–H groups in total. The summed E-state index contributed by atoms with van der Waals surface area (Å²) in [5, 5.41) is 3.46. The van der Waals surface area contributed by atoms with Gasteiger partial charge < -0.3 is 15.2 Å². The van der Waals surface area contributed by atoms with Crippen LogP contribution in [0.15, 0.2) is 48.5 Å². The van der Waals surface area contributed by atoms with Crippen molar-refractivity contribution in [1.29, 1.82) is 0 Å². The molecular formula is C24H28N4O. The van der Waals surface area contributed by atoms with Crippen LogP contribution < -0.4 is 5.32 Å². The number of nitrogens with zero attached hydrogens (tertiary/aromatic N) is 2. The van der Waals surface area contributed by atoms with Gasteiger partial charge in [-0.3, -0.25) is 4.79 Å². The maximum Gasteiger partial charge on any atom is 0.253 e. The number of hydrogen-bond donors (Lipinski definition) is 2. The van der Waals surface area contributed by atoms with E-state index in [9.17, 15) is 4.79 Å². The Labute approximate surface area is 171 Å².